The second-order valence-electron chi connectivity index (χ2n) is 12.9. The van der Waals surface area contributed by atoms with Gasteiger partial charge in [0, 0.05) is 26.1 Å². The molecule has 2 radical (unpaired) electrons. The van der Waals surface area contributed by atoms with Gasteiger partial charge < -0.3 is 8.85 Å². The molecule has 0 aliphatic rings. The van der Waals surface area contributed by atoms with E-state index >= 15 is 0 Å². The maximum Gasteiger partial charge on any atom is 0.460 e. The lowest BCUT2D eigenvalue weighted by molar-refractivity contribution is -0.474. The van der Waals surface area contributed by atoms with E-state index in [1.54, 1.807) is 0 Å². The van der Waals surface area contributed by atoms with Crippen molar-refractivity contribution in [2.45, 2.75) is 132 Å². The van der Waals surface area contributed by atoms with E-state index < -0.39 is 155 Å². The Morgan fingerprint density at radius 2 is 0.319 bits per heavy atom. The van der Waals surface area contributed by atoms with Gasteiger partial charge in [-0.05, 0) is 0 Å². The average Bonchev–Trinajstić information content (AvgIpc) is 3.11. The van der Waals surface area contributed by atoms with Crippen molar-refractivity contribution in [2.75, 3.05) is 13.2 Å². The molecule has 69 heavy (non-hydrogen) atoms. The third-order valence-electron chi connectivity index (χ3n) is 8.31. The van der Waals surface area contributed by atoms with E-state index in [0.29, 0.717) is 0 Å². The van der Waals surface area contributed by atoms with Crippen molar-refractivity contribution >= 4 is 10.0 Å². The molecule has 0 spiro atoms. The summed E-state index contributed by atoms with van der Waals surface area (Å²) in [6, 6.07) is 0. The molecule has 2 nitrogen and oxygen atoms in total. The molecule has 0 heterocycles. The molecule has 0 saturated heterocycles. The standard InChI is InChI=1S/C24H8F42O2Si/c25-5(26,7(29,30)9(33,34)11(37,38)13(41,42)15(45,46)17(49,50)19(53,54)21(57,58)23(61,62)63)1-3-67-69-68-4-2-6(27,28)8(31,32)10(35,36)12(39,40)14(43,44)16(47,48)18(51,52)20(55,56)22(59,60)24(64,65)66/h1-4H2. The monoisotopic (exact) mass is 1150 g/mol. The van der Waals surface area contributed by atoms with Crippen molar-refractivity contribution in [3.05, 3.63) is 0 Å². The van der Waals surface area contributed by atoms with Gasteiger partial charge in [0.2, 0.25) is 0 Å². The van der Waals surface area contributed by atoms with E-state index in [2.05, 4.69) is 8.85 Å². The number of hydrogen-bond donors (Lipinski definition) is 0. The fourth-order valence-corrected chi connectivity index (χ4v) is 4.43. The number of halogens is 42. The second-order valence-corrected chi connectivity index (χ2v) is 13.6. The van der Waals surface area contributed by atoms with Gasteiger partial charge in [-0.2, -0.15) is 184 Å². The van der Waals surface area contributed by atoms with Gasteiger partial charge in [0.15, 0.2) is 0 Å². The summed E-state index contributed by atoms with van der Waals surface area (Å²) in [6.45, 7) is -5.57. The van der Waals surface area contributed by atoms with E-state index in [-0.39, 0.29) is 0 Å². The highest BCUT2D eigenvalue weighted by atomic mass is 28.3. The molecule has 0 aromatic heterocycles. The Kier molecular flexibility index (Phi) is 16.7. The molecular weight excluding hydrogens is 1150 g/mol. The molecule has 0 aliphatic heterocycles. The van der Waals surface area contributed by atoms with Gasteiger partial charge in [0.05, 0.1) is 0 Å². The van der Waals surface area contributed by atoms with Crippen molar-refractivity contribution in [3.63, 3.8) is 0 Å². The summed E-state index contributed by atoms with van der Waals surface area (Å²) in [5.74, 6) is -162. The number of hydrogen-bond acceptors (Lipinski definition) is 2. The quantitative estimate of drug-likeness (QED) is 0.0545. The van der Waals surface area contributed by atoms with Crippen molar-refractivity contribution in [1.82, 2.24) is 0 Å². The molecule has 0 aromatic rings. The fraction of sp³-hybridized carbons (Fsp3) is 1.00. The smallest absolute Gasteiger partial charge is 0.392 e. The molecule has 0 rings (SSSR count). The molecule has 0 atom stereocenters. The van der Waals surface area contributed by atoms with Crippen LogP contribution < -0.4 is 0 Å². The zero-order valence-corrected chi connectivity index (χ0v) is 31.0. The van der Waals surface area contributed by atoms with Crippen molar-refractivity contribution in [3.8, 4) is 0 Å². The molecule has 0 aliphatic carbocycles. The van der Waals surface area contributed by atoms with Crippen LogP contribution in [0.1, 0.15) is 12.8 Å². The lowest BCUT2D eigenvalue weighted by Gasteiger charge is -2.44. The molecule has 0 unspecified atom stereocenters. The van der Waals surface area contributed by atoms with E-state index in [0.717, 1.165) is 0 Å². The van der Waals surface area contributed by atoms with E-state index in [9.17, 15) is 184 Å². The minimum atomic E-state index is -9.57. The van der Waals surface area contributed by atoms with Crippen LogP contribution in [0.2, 0.25) is 0 Å². The molecule has 0 N–H and O–H groups in total. The number of alkyl halides is 42. The third-order valence-corrected chi connectivity index (χ3v) is 8.95. The van der Waals surface area contributed by atoms with Crippen molar-refractivity contribution in [2.24, 2.45) is 0 Å². The predicted octanol–water partition coefficient (Wildman–Crippen LogP) is 13.9. The zero-order chi connectivity index (χ0) is 56.9. The van der Waals surface area contributed by atoms with E-state index in [1.165, 1.54) is 0 Å². The minimum absolute atomic E-state index is 2.79. The summed E-state index contributed by atoms with van der Waals surface area (Å²) in [5.41, 5.74) is 0. The Morgan fingerprint density at radius 3 is 0.464 bits per heavy atom. The van der Waals surface area contributed by atoms with E-state index in [4.69, 9.17) is 0 Å². The first kappa shape index (κ1) is 66.2. The molecule has 45 heteroatoms. The van der Waals surface area contributed by atoms with Gasteiger partial charge in [-0.15, -0.1) is 0 Å². The lowest BCUT2D eigenvalue weighted by atomic mass is 9.86. The van der Waals surface area contributed by atoms with Gasteiger partial charge in [-0.25, -0.2) is 0 Å². The highest BCUT2D eigenvalue weighted by Gasteiger charge is 3.00. The Hall–Kier alpha value is -2.80. The first-order valence-electron chi connectivity index (χ1n) is 15.1. The molecule has 0 fully saturated rings. The first-order chi connectivity index (χ1) is 29.2. The molecule has 0 aromatic carbocycles. The third kappa shape index (κ3) is 8.88. The Morgan fingerprint density at radius 1 is 0.188 bits per heavy atom. The average molecular weight is 1150 g/mol. The lowest BCUT2D eigenvalue weighted by Crippen LogP contribution is -2.76. The van der Waals surface area contributed by atoms with Gasteiger partial charge in [-0.1, -0.05) is 0 Å². The van der Waals surface area contributed by atoms with Gasteiger partial charge >= 0.3 is 129 Å². The molecule has 0 amide bonds. The highest BCUT2D eigenvalue weighted by molar-refractivity contribution is 6.17. The van der Waals surface area contributed by atoms with Gasteiger partial charge in [-0.3, -0.25) is 0 Å². The van der Waals surface area contributed by atoms with Crippen LogP contribution >= 0.6 is 0 Å². The van der Waals surface area contributed by atoms with Crippen LogP contribution in [0.15, 0.2) is 0 Å². The summed E-state index contributed by atoms with van der Waals surface area (Å²) < 4.78 is 570. The number of rotatable bonds is 24. The van der Waals surface area contributed by atoms with Gasteiger partial charge in [0.1, 0.15) is 0 Å². The molecular formula is C24H8F42O2Si. The largest absolute Gasteiger partial charge is 0.460 e. The van der Waals surface area contributed by atoms with Crippen LogP contribution in [0.3, 0.4) is 0 Å². The van der Waals surface area contributed by atoms with Crippen LogP contribution in [0.5, 0.6) is 0 Å². The fourth-order valence-electron chi connectivity index (χ4n) is 3.98. The molecule has 414 valence electrons. The summed E-state index contributed by atoms with van der Waals surface area (Å²) in [4.78, 5) is 0. The zero-order valence-electron chi connectivity index (χ0n) is 30.0. The minimum Gasteiger partial charge on any atom is -0.392 e. The predicted molar refractivity (Wildman–Crippen MR) is 128 cm³/mol. The Bertz CT molecular complexity index is 1640. The Balaban J connectivity index is 6.36. The summed E-state index contributed by atoms with van der Waals surface area (Å²) in [5, 5.41) is 0. The maximum atomic E-state index is 13.9. The summed E-state index contributed by atoms with van der Waals surface area (Å²) >= 11 is 0. The normalized spacial score (nSPS) is 17.0. The summed E-state index contributed by atoms with van der Waals surface area (Å²) in [6.07, 6.45) is -23.8. The Labute approximate surface area is 349 Å². The molecule has 0 saturated carbocycles. The maximum absolute atomic E-state index is 13.9. The second kappa shape index (κ2) is 17.4. The topological polar surface area (TPSA) is 18.5 Å². The van der Waals surface area contributed by atoms with Crippen LogP contribution in [0.4, 0.5) is 184 Å². The molecule has 0 bridgehead atoms. The van der Waals surface area contributed by atoms with Crippen LogP contribution in [0, 0.1) is 0 Å². The van der Waals surface area contributed by atoms with Gasteiger partial charge in [0.25, 0.3) is 0 Å². The van der Waals surface area contributed by atoms with Crippen LogP contribution in [-0.2, 0) is 8.85 Å². The van der Waals surface area contributed by atoms with E-state index in [1.807, 2.05) is 0 Å². The summed E-state index contributed by atoms with van der Waals surface area (Å²) in [7, 11) is -2.81. The SMILES string of the molecule is FC(F)(F)C(F)(F)C(F)(F)C(F)(F)C(F)(F)C(F)(F)C(F)(F)C(F)(F)C(F)(F)C(F)(F)CCO[Si]OCCC(F)(F)C(F)(F)C(F)(F)C(F)(F)C(F)(F)C(F)(F)C(F)(F)C(F)(F)C(F)(F)C(F)(F)F. The highest BCUT2D eigenvalue weighted by Crippen LogP contribution is 2.69. The van der Waals surface area contributed by atoms with Crippen molar-refractivity contribution in [1.29, 1.82) is 0 Å². The van der Waals surface area contributed by atoms with Crippen LogP contribution in [0.25, 0.3) is 0 Å². The first-order valence-corrected chi connectivity index (χ1v) is 15.9. The van der Waals surface area contributed by atoms with Crippen LogP contribution in [-0.4, -0.2) is 142 Å². The van der Waals surface area contributed by atoms with Crippen molar-refractivity contribution < 1.29 is 193 Å².